The molecule has 1 aliphatic rings. The van der Waals surface area contributed by atoms with Crippen LogP contribution >= 0.6 is 0 Å². The number of aliphatic imine (C=N–C) groups is 1. The molecule has 1 amide bonds. The second kappa shape index (κ2) is 5.24. The SMILES string of the molecule is CNC(=O)[C@@H](N=C1NS(=O)(=O)c2ccccc21)C(C)C. The summed E-state index contributed by atoms with van der Waals surface area (Å²) in [6, 6.07) is 5.95. The van der Waals surface area contributed by atoms with Gasteiger partial charge in [0.1, 0.15) is 11.9 Å². The van der Waals surface area contributed by atoms with Crippen molar-refractivity contribution in [2.24, 2.45) is 10.9 Å². The zero-order valence-electron chi connectivity index (χ0n) is 11.5. The number of fused-ring (bicyclic) bond motifs is 1. The average Bonchev–Trinajstić information content (AvgIpc) is 2.67. The number of hydrogen-bond acceptors (Lipinski definition) is 4. The Labute approximate surface area is 118 Å². The van der Waals surface area contributed by atoms with Crippen molar-refractivity contribution in [3.05, 3.63) is 29.8 Å². The second-order valence-electron chi connectivity index (χ2n) is 4.88. The van der Waals surface area contributed by atoms with Gasteiger partial charge in [-0.3, -0.25) is 14.5 Å². The maximum absolute atomic E-state index is 12.0. The van der Waals surface area contributed by atoms with Crippen LogP contribution in [0.15, 0.2) is 34.2 Å². The maximum atomic E-state index is 12.0. The Morgan fingerprint density at radius 1 is 1.30 bits per heavy atom. The first-order valence-corrected chi connectivity index (χ1v) is 7.76. The fourth-order valence-electron chi connectivity index (χ4n) is 2.03. The van der Waals surface area contributed by atoms with Crippen LogP contribution in [0.5, 0.6) is 0 Å². The number of amides is 1. The lowest BCUT2D eigenvalue weighted by Crippen LogP contribution is -2.36. The van der Waals surface area contributed by atoms with Gasteiger partial charge in [0.15, 0.2) is 0 Å². The Hall–Kier alpha value is -1.89. The first-order valence-electron chi connectivity index (χ1n) is 6.28. The minimum Gasteiger partial charge on any atom is -0.357 e. The van der Waals surface area contributed by atoms with Crippen LogP contribution in [0.4, 0.5) is 0 Å². The summed E-state index contributed by atoms with van der Waals surface area (Å²) in [7, 11) is -2.04. The fourth-order valence-corrected chi connectivity index (χ4v) is 3.27. The van der Waals surface area contributed by atoms with Crippen molar-refractivity contribution >= 4 is 21.8 Å². The van der Waals surface area contributed by atoms with E-state index in [1.165, 1.54) is 13.1 Å². The highest BCUT2D eigenvalue weighted by molar-refractivity contribution is 7.90. The molecule has 1 aromatic rings. The lowest BCUT2D eigenvalue weighted by molar-refractivity contribution is -0.122. The van der Waals surface area contributed by atoms with E-state index in [1.807, 2.05) is 13.8 Å². The van der Waals surface area contributed by atoms with E-state index in [0.717, 1.165) is 0 Å². The van der Waals surface area contributed by atoms with Crippen LogP contribution < -0.4 is 10.0 Å². The van der Waals surface area contributed by atoms with E-state index in [-0.39, 0.29) is 22.6 Å². The molecular weight excluding hydrogens is 278 g/mol. The minimum absolute atomic E-state index is 0.0419. The molecule has 6 nitrogen and oxygen atoms in total. The number of sulfonamides is 1. The number of hydrogen-bond donors (Lipinski definition) is 2. The molecule has 0 fully saturated rings. The van der Waals surface area contributed by atoms with Gasteiger partial charge < -0.3 is 5.32 Å². The summed E-state index contributed by atoms with van der Waals surface area (Å²) >= 11 is 0. The van der Waals surface area contributed by atoms with E-state index in [0.29, 0.717) is 5.56 Å². The highest BCUT2D eigenvalue weighted by Gasteiger charge is 2.32. The number of carbonyl (C=O) groups is 1. The minimum atomic E-state index is -3.57. The van der Waals surface area contributed by atoms with Crippen molar-refractivity contribution < 1.29 is 13.2 Å². The zero-order valence-corrected chi connectivity index (χ0v) is 12.4. The Bertz CT molecular complexity index is 665. The first kappa shape index (κ1) is 14.5. The van der Waals surface area contributed by atoms with Gasteiger partial charge in [0.2, 0.25) is 5.91 Å². The van der Waals surface area contributed by atoms with Crippen molar-refractivity contribution in [2.75, 3.05) is 7.05 Å². The van der Waals surface area contributed by atoms with Crippen LogP contribution in [0, 0.1) is 5.92 Å². The first-order chi connectivity index (χ1) is 9.36. The van der Waals surface area contributed by atoms with Crippen molar-refractivity contribution in [3.8, 4) is 0 Å². The quantitative estimate of drug-likeness (QED) is 0.851. The topological polar surface area (TPSA) is 87.6 Å². The number of carbonyl (C=O) groups excluding carboxylic acids is 1. The van der Waals surface area contributed by atoms with Gasteiger partial charge >= 0.3 is 0 Å². The summed E-state index contributed by atoms with van der Waals surface area (Å²) in [6.07, 6.45) is 0. The summed E-state index contributed by atoms with van der Waals surface area (Å²) in [5.41, 5.74) is 0.502. The Morgan fingerprint density at radius 2 is 1.95 bits per heavy atom. The summed E-state index contributed by atoms with van der Waals surface area (Å²) < 4.78 is 26.3. The monoisotopic (exact) mass is 295 g/mol. The molecule has 0 bridgehead atoms. The number of amidine groups is 1. The Kier molecular flexibility index (Phi) is 3.80. The number of nitrogens with one attached hydrogen (secondary N) is 2. The predicted molar refractivity (Wildman–Crippen MR) is 76.0 cm³/mol. The van der Waals surface area contributed by atoms with E-state index in [1.54, 1.807) is 18.2 Å². The van der Waals surface area contributed by atoms with Gasteiger partial charge in [0, 0.05) is 12.6 Å². The molecule has 2 N–H and O–H groups in total. The van der Waals surface area contributed by atoms with E-state index in [9.17, 15) is 13.2 Å². The van der Waals surface area contributed by atoms with Crippen LogP contribution in [0.1, 0.15) is 19.4 Å². The molecule has 0 unspecified atom stereocenters. The number of likely N-dealkylation sites (N-methyl/N-ethyl adjacent to an activating group) is 1. The lowest BCUT2D eigenvalue weighted by Gasteiger charge is -2.15. The Balaban J connectivity index is 2.49. The molecule has 7 heteroatoms. The number of benzene rings is 1. The highest BCUT2D eigenvalue weighted by Crippen LogP contribution is 2.23. The molecule has 2 rings (SSSR count). The molecule has 1 aliphatic heterocycles. The van der Waals surface area contributed by atoms with Crippen LogP contribution in [0.3, 0.4) is 0 Å². The molecule has 20 heavy (non-hydrogen) atoms. The van der Waals surface area contributed by atoms with Crippen molar-refractivity contribution in [1.29, 1.82) is 0 Å². The smallest absolute Gasteiger partial charge is 0.263 e. The van der Waals surface area contributed by atoms with Crippen molar-refractivity contribution in [2.45, 2.75) is 24.8 Å². The van der Waals surface area contributed by atoms with E-state index >= 15 is 0 Å². The van der Waals surface area contributed by atoms with E-state index in [2.05, 4.69) is 15.0 Å². The molecule has 0 aromatic heterocycles. The predicted octanol–water partition coefficient (Wildman–Crippen LogP) is 0.496. The third-order valence-corrected chi connectivity index (χ3v) is 4.47. The molecule has 0 saturated heterocycles. The van der Waals surface area contributed by atoms with Crippen molar-refractivity contribution in [3.63, 3.8) is 0 Å². The molecule has 0 spiro atoms. The van der Waals surface area contributed by atoms with Crippen LogP contribution in [0.2, 0.25) is 0 Å². The third-order valence-electron chi connectivity index (χ3n) is 3.08. The second-order valence-corrected chi connectivity index (χ2v) is 6.53. The van der Waals surface area contributed by atoms with Crippen LogP contribution in [0.25, 0.3) is 0 Å². The average molecular weight is 295 g/mol. The van der Waals surface area contributed by atoms with E-state index < -0.39 is 16.1 Å². The van der Waals surface area contributed by atoms with Crippen LogP contribution in [-0.2, 0) is 14.8 Å². The summed E-state index contributed by atoms with van der Waals surface area (Å²) in [5, 5.41) is 2.54. The molecule has 1 aromatic carbocycles. The van der Waals surface area contributed by atoms with Gasteiger partial charge in [-0.25, -0.2) is 8.42 Å². The summed E-state index contributed by atoms with van der Waals surface area (Å²) in [6.45, 7) is 3.72. The van der Waals surface area contributed by atoms with Gasteiger partial charge in [0.05, 0.1) is 4.90 Å². The van der Waals surface area contributed by atoms with Crippen LogP contribution in [-0.4, -0.2) is 33.3 Å². The van der Waals surface area contributed by atoms with Gasteiger partial charge in [0.25, 0.3) is 10.0 Å². The lowest BCUT2D eigenvalue weighted by atomic mass is 10.0. The number of rotatable bonds is 3. The Morgan fingerprint density at radius 3 is 2.55 bits per heavy atom. The third kappa shape index (κ3) is 2.53. The van der Waals surface area contributed by atoms with E-state index in [4.69, 9.17) is 0 Å². The normalized spacial score (nSPS) is 19.5. The summed E-state index contributed by atoms with van der Waals surface area (Å²) in [5.74, 6) is -0.0568. The molecular formula is C13H17N3O3S. The van der Waals surface area contributed by atoms with Gasteiger partial charge in [-0.2, -0.15) is 0 Å². The summed E-state index contributed by atoms with van der Waals surface area (Å²) in [4.78, 5) is 16.3. The molecule has 108 valence electrons. The zero-order chi connectivity index (χ0) is 14.9. The largest absolute Gasteiger partial charge is 0.357 e. The van der Waals surface area contributed by atoms with Crippen molar-refractivity contribution in [1.82, 2.24) is 10.0 Å². The molecule has 1 heterocycles. The van der Waals surface area contributed by atoms with Gasteiger partial charge in [-0.15, -0.1) is 0 Å². The molecule has 0 radical (unpaired) electrons. The van der Waals surface area contributed by atoms with Gasteiger partial charge in [-0.1, -0.05) is 26.0 Å². The molecule has 0 saturated carbocycles. The fraction of sp³-hybridized carbons (Fsp3) is 0.385. The standard InChI is InChI=1S/C13H17N3O3S/c1-8(2)11(13(17)14-3)15-12-9-6-4-5-7-10(9)20(18,19)16-12/h4-8,11H,1-3H3,(H,14,17)(H,15,16)/t11-/m0/s1. The molecule has 0 aliphatic carbocycles. The number of nitrogens with zero attached hydrogens (tertiary/aromatic N) is 1. The maximum Gasteiger partial charge on any atom is 0.263 e. The molecule has 1 atom stereocenters. The highest BCUT2D eigenvalue weighted by atomic mass is 32.2. The van der Waals surface area contributed by atoms with Gasteiger partial charge in [-0.05, 0) is 18.1 Å².